The molecule has 0 fully saturated rings. The first-order valence-electron chi connectivity index (χ1n) is 4.34. The zero-order chi connectivity index (χ0) is 9.97. The number of hydrogen-bond acceptors (Lipinski definition) is 2. The highest BCUT2D eigenvalue weighted by molar-refractivity contribution is 6.30. The van der Waals surface area contributed by atoms with Gasteiger partial charge < -0.3 is 10.0 Å². The van der Waals surface area contributed by atoms with Crippen LogP contribution in [0.2, 0.25) is 0 Å². The summed E-state index contributed by atoms with van der Waals surface area (Å²) in [7, 11) is 0. The van der Waals surface area contributed by atoms with E-state index < -0.39 is 6.23 Å². The highest BCUT2D eigenvalue weighted by atomic mass is 35.5. The zero-order valence-corrected chi connectivity index (χ0v) is 8.22. The maximum atomic E-state index is 9.77. The summed E-state index contributed by atoms with van der Waals surface area (Å²) in [5.74, 6) is 0. The highest BCUT2D eigenvalue weighted by Crippen LogP contribution is 2.24. The molecule has 72 valence electrons. The minimum absolute atomic E-state index is 0.427. The fourth-order valence-corrected chi connectivity index (χ4v) is 1.53. The first-order chi connectivity index (χ1) is 6.79. The Balaban J connectivity index is 2.29. The van der Waals surface area contributed by atoms with Gasteiger partial charge in [-0.25, -0.2) is 0 Å². The lowest BCUT2D eigenvalue weighted by Crippen LogP contribution is -2.32. The number of aliphatic hydroxyl groups excluding tert-OH is 1. The van der Waals surface area contributed by atoms with Gasteiger partial charge in [0.2, 0.25) is 0 Å². The first kappa shape index (κ1) is 9.31. The molecular formula is C11H10ClNO. The zero-order valence-electron chi connectivity index (χ0n) is 7.47. The Morgan fingerprint density at radius 2 is 1.93 bits per heavy atom. The van der Waals surface area contributed by atoms with Crippen molar-refractivity contribution in [1.29, 1.82) is 0 Å². The number of rotatable bonds is 1. The second-order valence-corrected chi connectivity index (χ2v) is 3.45. The lowest BCUT2D eigenvalue weighted by Gasteiger charge is -2.28. The minimum Gasteiger partial charge on any atom is -0.368 e. The van der Waals surface area contributed by atoms with Crippen LogP contribution in [0.4, 0.5) is 5.69 Å². The molecule has 0 aliphatic carbocycles. The molecule has 0 saturated heterocycles. The smallest absolute Gasteiger partial charge is 0.167 e. The average molecular weight is 208 g/mol. The van der Waals surface area contributed by atoms with E-state index in [1.807, 2.05) is 36.4 Å². The standard InChI is InChI=1S/C11H10ClNO/c12-10-7-4-8-13(11(10)14)9-5-2-1-3-6-9/h1-8,11,14H. The molecule has 1 aliphatic rings. The second-order valence-electron chi connectivity index (χ2n) is 3.01. The van der Waals surface area contributed by atoms with Gasteiger partial charge in [0.15, 0.2) is 6.23 Å². The van der Waals surface area contributed by atoms with E-state index >= 15 is 0 Å². The van der Waals surface area contributed by atoms with Crippen molar-refractivity contribution in [2.45, 2.75) is 6.23 Å². The number of nitrogens with zero attached hydrogens (tertiary/aromatic N) is 1. The topological polar surface area (TPSA) is 23.5 Å². The summed E-state index contributed by atoms with van der Waals surface area (Å²) in [6.07, 6.45) is 4.52. The Kier molecular flexibility index (Phi) is 2.57. The molecule has 2 nitrogen and oxygen atoms in total. The van der Waals surface area contributed by atoms with Crippen LogP contribution in [0.5, 0.6) is 0 Å². The third kappa shape index (κ3) is 1.67. The summed E-state index contributed by atoms with van der Waals surface area (Å²) in [5, 5.41) is 10.2. The second kappa shape index (κ2) is 3.86. The van der Waals surface area contributed by atoms with Crippen LogP contribution in [0.15, 0.2) is 53.7 Å². The van der Waals surface area contributed by atoms with Gasteiger partial charge in [-0.2, -0.15) is 0 Å². The van der Waals surface area contributed by atoms with Gasteiger partial charge in [-0.1, -0.05) is 29.8 Å². The molecule has 1 aromatic rings. The maximum absolute atomic E-state index is 9.77. The number of anilines is 1. The van der Waals surface area contributed by atoms with Crippen molar-refractivity contribution in [1.82, 2.24) is 0 Å². The van der Waals surface area contributed by atoms with Gasteiger partial charge in [0.25, 0.3) is 0 Å². The Hall–Kier alpha value is -1.25. The fourth-order valence-electron chi connectivity index (χ4n) is 1.36. The van der Waals surface area contributed by atoms with Gasteiger partial charge in [0.05, 0.1) is 5.03 Å². The van der Waals surface area contributed by atoms with Crippen molar-refractivity contribution in [3.63, 3.8) is 0 Å². The van der Waals surface area contributed by atoms with E-state index in [1.165, 1.54) is 0 Å². The van der Waals surface area contributed by atoms with Gasteiger partial charge in [0.1, 0.15) is 0 Å². The molecule has 0 saturated carbocycles. The fraction of sp³-hybridized carbons (Fsp3) is 0.0909. The molecule has 1 atom stereocenters. The van der Waals surface area contributed by atoms with E-state index in [0.29, 0.717) is 5.03 Å². The molecule has 0 bridgehead atoms. The third-order valence-electron chi connectivity index (χ3n) is 2.07. The van der Waals surface area contributed by atoms with Crippen LogP contribution in [0.1, 0.15) is 0 Å². The van der Waals surface area contributed by atoms with E-state index in [0.717, 1.165) is 5.69 Å². The van der Waals surface area contributed by atoms with Crippen molar-refractivity contribution in [3.8, 4) is 0 Å². The van der Waals surface area contributed by atoms with Crippen LogP contribution in [0, 0.1) is 0 Å². The van der Waals surface area contributed by atoms with E-state index in [4.69, 9.17) is 11.6 Å². The summed E-state index contributed by atoms with van der Waals surface area (Å²) in [6, 6.07) is 9.61. The Labute approximate surface area is 87.7 Å². The highest BCUT2D eigenvalue weighted by Gasteiger charge is 2.18. The van der Waals surface area contributed by atoms with Crippen molar-refractivity contribution in [2.75, 3.05) is 4.90 Å². The third-order valence-corrected chi connectivity index (χ3v) is 2.39. The molecule has 1 aliphatic heterocycles. The number of aliphatic hydroxyl groups is 1. The first-order valence-corrected chi connectivity index (χ1v) is 4.72. The van der Waals surface area contributed by atoms with Crippen LogP contribution < -0.4 is 4.90 Å². The summed E-state index contributed by atoms with van der Waals surface area (Å²) >= 11 is 5.83. The molecule has 1 heterocycles. The van der Waals surface area contributed by atoms with Crippen LogP contribution in [0.25, 0.3) is 0 Å². The maximum Gasteiger partial charge on any atom is 0.167 e. The quantitative estimate of drug-likeness (QED) is 0.765. The summed E-state index contributed by atoms with van der Waals surface area (Å²) < 4.78 is 0. The largest absolute Gasteiger partial charge is 0.368 e. The summed E-state index contributed by atoms with van der Waals surface area (Å²) in [4.78, 5) is 1.71. The molecule has 1 aromatic carbocycles. The Morgan fingerprint density at radius 1 is 1.21 bits per heavy atom. The van der Waals surface area contributed by atoms with Crippen LogP contribution in [0.3, 0.4) is 0 Å². The molecular weight excluding hydrogens is 198 g/mol. The van der Waals surface area contributed by atoms with Crippen LogP contribution in [-0.2, 0) is 0 Å². The molecule has 0 aromatic heterocycles. The van der Waals surface area contributed by atoms with Gasteiger partial charge in [-0.3, -0.25) is 0 Å². The van der Waals surface area contributed by atoms with Crippen molar-refractivity contribution < 1.29 is 5.11 Å². The van der Waals surface area contributed by atoms with Gasteiger partial charge >= 0.3 is 0 Å². The predicted octanol–water partition coefficient (Wildman–Crippen LogP) is 2.46. The summed E-state index contributed by atoms with van der Waals surface area (Å²) in [5.41, 5.74) is 0.919. The normalized spacial score (nSPS) is 20.9. The van der Waals surface area contributed by atoms with E-state index in [2.05, 4.69) is 0 Å². The molecule has 14 heavy (non-hydrogen) atoms. The molecule has 0 spiro atoms. The van der Waals surface area contributed by atoms with Gasteiger partial charge in [0, 0.05) is 11.9 Å². The minimum atomic E-state index is -0.774. The monoisotopic (exact) mass is 207 g/mol. The van der Waals surface area contributed by atoms with Crippen molar-refractivity contribution in [2.24, 2.45) is 0 Å². The predicted molar refractivity (Wildman–Crippen MR) is 58.0 cm³/mol. The lowest BCUT2D eigenvalue weighted by atomic mass is 10.2. The van der Waals surface area contributed by atoms with Gasteiger partial charge in [-0.05, 0) is 24.3 Å². The van der Waals surface area contributed by atoms with Crippen LogP contribution in [-0.4, -0.2) is 11.3 Å². The molecule has 0 amide bonds. The molecule has 2 rings (SSSR count). The average Bonchev–Trinajstić information content (AvgIpc) is 2.23. The van der Waals surface area contributed by atoms with Crippen molar-refractivity contribution in [3.05, 3.63) is 53.7 Å². The number of allylic oxidation sites excluding steroid dienone is 2. The van der Waals surface area contributed by atoms with E-state index in [-0.39, 0.29) is 0 Å². The van der Waals surface area contributed by atoms with Crippen molar-refractivity contribution >= 4 is 17.3 Å². The summed E-state index contributed by atoms with van der Waals surface area (Å²) in [6.45, 7) is 0. The van der Waals surface area contributed by atoms with Gasteiger partial charge in [-0.15, -0.1) is 0 Å². The number of hydrogen-bond donors (Lipinski definition) is 1. The van der Waals surface area contributed by atoms with E-state index in [9.17, 15) is 5.11 Å². The Morgan fingerprint density at radius 3 is 2.64 bits per heavy atom. The Bertz CT molecular complexity index is 372. The lowest BCUT2D eigenvalue weighted by molar-refractivity contribution is 0.222. The van der Waals surface area contributed by atoms with Crippen LogP contribution >= 0.6 is 11.6 Å². The molecule has 0 radical (unpaired) electrons. The molecule has 1 unspecified atom stereocenters. The number of para-hydroxylation sites is 1. The SMILES string of the molecule is OC1C(Cl)=CC=CN1c1ccccc1. The molecule has 3 heteroatoms. The number of benzene rings is 1. The number of halogens is 1. The molecule has 1 N–H and O–H groups in total. The van der Waals surface area contributed by atoms with E-state index in [1.54, 1.807) is 17.2 Å².